The molecule has 6 nitrogen and oxygen atoms in total. The second-order valence-corrected chi connectivity index (χ2v) is 6.46. The average molecular weight is 403 g/mol. The van der Waals surface area contributed by atoms with E-state index >= 15 is 0 Å². The van der Waals surface area contributed by atoms with Gasteiger partial charge in [0.2, 0.25) is 0 Å². The molecule has 1 aromatic heterocycles. The lowest BCUT2D eigenvalue weighted by Gasteiger charge is -2.11. The molecule has 29 heavy (non-hydrogen) atoms. The topological polar surface area (TPSA) is 65.4 Å². The molecule has 4 rings (SSSR count). The molecule has 1 aliphatic heterocycles. The quantitative estimate of drug-likeness (QED) is 0.693. The van der Waals surface area contributed by atoms with E-state index in [-0.39, 0.29) is 22.7 Å². The summed E-state index contributed by atoms with van der Waals surface area (Å²) in [6.45, 7) is 1.10. The number of nitrogens with zero attached hydrogens (tertiary/aromatic N) is 2. The largest absolute Gasteiger partial charge is 0.454 e. The van der Waals surface area contributed by atoms with E-state index in [0.29, 0.717) is 13.2 Å². The second kappa shape index (κ2) is 7.25. The van der Waals surface area contributed by atoms with E-state index in [9.17, 15) is 18.0 Å². The molecule has 0 spiro atoms. The van der Waals surface area contributed by atoms with E-state index in [1.54, 1.807) is 36.2 Å². The van der Waals surface area contributed by atoms with Gasteiger partial charge in [-0.15, -0.1) is 0 Å². The van der Waals surface area contributed by atoms with Crippen LogP contribution in [0.15, 0.2) is 48.8 Å². The van der Waals surface area contributed by atoms with Crippen LogP contribution in [-0.2, 0) is 17.5 Å². The minimum atomic E-state index is -4.52. The van der Waals surface area contributed by atoms with Crippen molar-refractivity contribution in [3.63, 3.8) is 0 Å². The highest BCUT2D eigenvalue weighted by atomic mass is 19.4. The molecule has 0 saturated carbocycles. The zero-order valence-electron chi connectivity index (χ0n) is 15.3. The van der Waals surface area contributed by atoms with Gasteiger partial charge in [-0.25, -0.2) is 0 Å². The third kappa shape index (κ3) is 3.81. The van der Waals surface area contributed by atoms with Crippen molar-refractivity contribution < 1.29 is 27.4 Å². The van der Waals surface area contributed by atoms with Gasteiger partial charge in [-0.2, -0.15) is 18.3 Å². The highest BCUT2D eigenvalue weighted by Gasteiger charge is 2.32. The normalized spacial score (nSPS) is 13.2. The first-order chi connectivity index (χ1) is 13.8. The summed E-state index contributed by atoms with van der Waals surface area (Å²) in [6, 6.07) is 7.97. The van der Waals surface area contributed by atoms with Crippen molar-refractivity contribution in [3.05, 3.63) is 59.9 Å². The molecule has 1 aliphatic rings. The van der Waals surface area contributed by atoms with E-state index in [1.807, 2.05) is 6.20 Å². The van der Waals surface area contributed by atoms with Crippen LogP contribution < -0.4 is 10.1 Å². The van der Waals surface area contributed by atoms with Gasteiger partial charge in [0.1, 0.15) is 5.75 Å². The number of alkyl halides is 3. The number of rotatable bonds is 4. The maximum absolute atomic E-state index is 13.0. The van der Waals surface area contributed by atoms with Gasteiger partial charge in [0.15, 0.2) is 5.75 Å². The predicted molar refractivity (Wildman–Crippen MR) is 99.0 cm³/mol. The molecule has 0 aliphatic carbocycles. The smallest absolute Gasteiger partial charge is 0.416 e. The third-order valence-corrected chi connectivity index (χ3v) is 4.49. The fraction of sp³-hybridized carbons (Fsp3) is 0.200. The number of nitrogens with one attached hydrogen (secondary N) is 1. The van der Waals surface area contributed by atoms with Crippen LogP contribution in [0.1, 0.15) is 15.9 Å². The predicted octanol–water partition coefficient (Wildman–Crippen LogP) is 4.57. The van der Waals surface area contributed by atoms with Crippen LogP contribution >= 0.6 is 0 Å². The van der Waals surface area contributed by atoms with Crippen molar-refractivity contribution in [2.75, 3.05) is 19.0 Å². The molecule has 0 fully saturated rings. The van der Waals surface area contributed by atoms with Gasteiger partial charge < -0.3 is 14.8 Å². The van der Waals surface area contributed by atoms with Gasteiger partial charge in [0, 0.05) is 18.9 Å². The standard InChI is InChI=1S/C20H16F3N3O3/c1-28-7-6-26-11-13(10-24-26)12-2-4-17-15(8-12)19(27)25-16-9-14(20(21,22)23)3-5-18(16)29-17/h2-5,8-11H,6-7H2,1H3,(H,25,27). The van der Waals surface area contributed by atoms with Crippen LogP contribution in [0.25, 0.3) is 11.1 Å². The number of carbonyl (C=O) groups is 1. The zero-order chi connectivity index (χ0) is 20.6. The third-order valence-electron chi connectivity index (χ3n) is 4.49. The number of benzene rings is 2. The van der Waals surface area contributed by atoms with Crippen LogP contribution in [0.5, 0.6) is 11.5 Å². The van der Waals surface area contributed by atoms with Gasteiger partial charge in [-0.3, -0.25) is 9.48 Å². The SMILES string of the molecule is COCCn1cc(-c2ccc3c(c2)C(=O)Nc2cc(C(F)(F)F)ccc2O3)cn1. The molecule has 1 N–H and O–H groups in total. The van der Waals surface area contributed by atoms with Crippen molar-refractivity contribution in [2.24, 2.45) is 0 Å². The first-order valence-corrected chi connectivity index (χ1v) is 8.71. The van der Waals surface area contributed by atoms with Gasteiger partial charge in [-0.1, -0.05) is 6.07 Å². The van der Waals surface area contributed by atoms with Crippen molar-refractivity contribution >= 4 is 11.6 Å². The summed E-state index contributed by atoms with van der Waals surface area (Å²) < 4.78 is 51.4. The van der Waals surface area contributed by atoms with Crippen LogP contribution in [0.4, 0.5) is 18.9 Å². The van der Waals surface area contributed by atoms with Crippen LogP contribution in [0.2, 0.25) is 0 Å². The molecule has 0 bridgehead atoms. The van der Waals surface area contributed by atoms with E-state index in [0.717, 1.165) is 23.3 Å². The van der Waals surface area contributed by atoms with E-state index in [2.05, 4.69) is 10.4 Å². The number of fused-ring (bicyclic) bond motifs is 2. The first kappa shape index (κ1) is 19.0. The van der Waals surface area contributed by atoms with Crippen molar-refractivity contribution in [1.82, 2.24) is 9.78 Å². The molecule has 3 aromatic rings. The number of hydrogen-bond acceptors (Lipinski definition) is 4. The Morgan fingerprint density at radius 2 is 1.93 bits per heavy atom. The Kier molecular flexibility index (Phi) is 4.75. The Balaban J connectivity index is 1.66. The van der Waals surface area contributed by atoms with Gasteiger partial charge >= 0.3 is 6.18 Å². The molecule has 150 valence electrons. The maximum Gasteiger partial charge on any atom is 0.416 e. The highest BCUT2D eigenvalue weighted by Crippen LogP contribution is 2.40. The fourth-order valence-electron chi connectivity index (χ4n) is 3.00. The molecule has 0 saturated heterocycles. The molecule has 0 unspecified atom stereocenters. The minimum Gasteiger partial charge on any atom is -0.454 e. The number of ether oxygens (including phenoxy) is 2. The lowest BCUT2D eigenvalue weighted by atomic mass is 10.0. The lowest BCUT2D eigenvalue weighted by Crippen LogP contribution is -2.12. The average Bonchev–Trinajstić information content (AvgIpc) is 3.10. The molecule has 0 atom stereocenters. The number of halogens is 3. The summed E-state index contributed by atoms with van der Waals surface area (Å²) in [4.78, 5) is 12.6. The van der Waals surface area contributed by atoms with Crippen molar-refractivity contribution in [3.8, 4) is 22.6 Å². The number of amides is 1. The van der Waals surface area contributed by atoms with Crippen LogP contribution in [0, 0.1) is 0 Å². The monoisotopic (exact) mass is 403 g/mol. The summed E-state index contributed by atoms with van der Waals surface area (Å²) in [5.74, 6) is -0.145. The van der Waals surface area contributed by atoms with Gasteiger partial charge in [0.05, 0.1) is 36.2 Å². The maximum atomic E-state index is 13.0. The molecule has 1 amide bonds. The van der Waals surface area contributed by atoms with Crippen molar-refractivity contribution in [1.29, 1.82) is 0 Å². The molecular formula is C20H16F3N3O3. The lowest BCUT2D eigenvalue weighted by molar-refractivity contribution is -0.137. The Bertz CT molecular complexity index is 1080. The summed E-state index contributed by atoms with van der Waals surface area (Å²) in [6.07, 6.45) is -1.03. The molecule has 9 heteroatoms. The van der Waals surface area contributed by atoms with Crippen LogP contribution in [-0.4, -0.2) is 29.4 Å². The van der Waals surface area contributed by atoms with Crippen molar-refractivity contribution in [2.45, 2.75) is 12.7 Å². The zero-order valence-corrected chi connectivity index (χ0v) is 15.3. The van der Waals surface area contributed by atoms with E-state index < -0.39 is 17.6 Å². The molecule has 0 radical (unpaired) electrons. The van der Waals surface area contributed by atoms with E-state index in [4.69, 9.17) is 9.47 Å². The number of carbonyl (C=O) groups excluding carboxylic acids is 1. The number of aromatic nitrogens is 2. The fourth-order valence-corrected chi connectivity index (χ4v) is 3.00. The van der Waals surface area contributed by atoms with Crippen LogP contribution in [0.3, 0.4) is 0 Å². The Morgan fingerprint density at radius 1 is 1.14 bits per heavy atom. The molecule has 2 heterocycles. The Hall–Kier alpha value is -3.33. The number of hydrogen-bond donors (Lipinski definition) is 1. The first-order valence-electron chi connectivity index (χ1n) is 8.71. The molecular weight excluding hydrogens is 387 g/mol. The summed E-state index contributed by atoms with van der Waals surface area (Å²) in [5, 5.41) is 6.74. The van der Waals surface area contributed by atoms with Gasteiger partial charge in [0.25, 0.3) is 5.91 Å². The Labute approximate surface area is 163 Å². The summed E-state index contributed by atoms with van der Waals surface area (Å²) in [7, 11) is 1.60. The Morgan fingerprint density at radius 3 is 2.69 bits per heavy atom. The molecule has 2 aromatic carbocycles. The number of methoxy groups -OCH3 is 1. The minimum absolute atomic E-state index is 0.0324. The summed E-state index contributed by atoms with van der Waals surface area (Å²) >= 11 is 0. The number of anilines is 1. The second-order valence-electron chi connectivity index (χ2n) is 6.46. The summed E-state index contributed by atoms with van der Waals surface area (Å²) in [5.41, 5.74) is 0.841. The van der Waals surface area contributed by atoms with Gasteiger partial charge in [-0.05, 0) is 35.9 Å². The highest BCUT2D eigenvalue weighted by molar-refractivity contribution is 6.08. The van der Waals surface area contributed by atoms with E-state index in [1.165, 1.54) is 6.07 Å².